The number of benzene rings is 1. The highest BCUT2D eigenvalue weighted by Gasteiger charge is 2.48. The van der Waals surface area contributed by atoms with E-state index in [4.69, 9.17) is 4.74 Å². The summed E-state index contributed by atoms with van der Waals surface area (Å²) in [5.74, 6) is -2.80. The maximum absolute atomic E-state index is 13.5. The minimum atomic E-state index is -0.959. The molecule has 0 radical (unpaired) electrons. The van der Waals surface area contributed by atoms with E-state index >= 15 is 0 Å². The van der Waals surface area contributed by atoms with Gasteiger partial charge in [0.25, 0.3) is 0 Å². The van der Waals surface area contributed by atoms with Crippen molar-refractivity contribution >= 4 is 18.0 Å². The van der Waals surface area contributed by atoms with Crippen molar-refractivity contribution in [3.63, 3.8) is 0 Å². The lowest BCUT2D eigenvalue weighted by molar-refractivity contribution is -0.142. The molecule has 0 unspecified atom stereocenters. The first-order chi connectivity index (χ1) is 15.2. The van der Waals surface area contributed by atoms with Crippen molar-refractivity contribution in [2.75, 3.05) is 19.6 Å². The number of likely N-dealkylation sites (tertiary alicyclic amines) is 1. The van der Waals surface area contributed by atoms with E-state index in [2.05, 4.69) is 0 Å². The van der Waals surface area contributed by atoms with Gasteiger partial charge in [-0.3, -0.25) is 14.5 Å². The van der Waals surface area contributed by atoms with Gasteiger partial charge < -0.3 is 14.7 Å². The summed E-state index contributed by atoms with van der Waals surface area (Å²) in [6.07, 6.45) is 4.18. The molecule has 2 heterocycles. The second-order valence-electron chi connectivity index (χ2n) is 9.49. The van der Waals surface area contributed by atoms with Gasteiger partial charge in [0.1, 0.15) is 5.60 Å². The third-order valence-corrected chi connectivity index (χ3v) is 7.14. The minimum Gasteiger partial charge on any atom is -0.481 e. The van der Waals surface area contributed by atoms with Crippen LogP contribution in [0.25, 0.3) is 0 Å². The topological polar surface area (TPSA) is 87.2 Å². The summed E-state index contributed by atoms with van der Waals surface area (Å²) in [6, 6.07) is 3.55. The number of halogens is 2. The van der Waals surface area contributed by atoms with E-state index in [1.54, 1.807) is 4.90 Å². The number of piperidine rings is 1. The van der Waals surface area contributed by atoms with Crippen LogP contribution < -0.4 is 0 Å². The van der Waals surface area contributed by atoms with Crippen LogP contribution >= 0.6 is 0 Å². The average Bonchev–Trinajstić information content (AvgIpc) is 3.29. The van der Waals surface area contributed by atoms with E-state index in [1.807, 2.05) is 0 Å². The Kier molecular flexibility index (Phi) is 6.09. The van der Waals surface area contributed by atoms with Crippen molar-refractivity contribution in [3.05, 3.63) is 35.4 Å². The lowest BCUT2D eigenvalue weighted by Crippen LogP contribution is -2.49. The molecule has 2 saturated heterocycles. The van der Waals surface area contributed by atoms with Crippen LogP contribution in [0.15, 0.2) is 18.2 Å². The van der Waals surface area contributed by atoms with Crippen LogP contribution in [0.4, 0.5) is 13.6 Å². The Labute approximate surface area is 185 Å². The first-order valence-corrected chi connectivity index (χ1v) is 11.1. The number of hydrogen-bond donors (Lipinski definition) is 1. The number of carboxylic acids is 1. The predicted octanol–water partition coefficient (Wildman–Crippen LogP) is 3.70. The second-order valence-corrected chi connectivity index (χ2v) is 9.49. The van der Waals surface area contributed by atoms with Gasteiger partial charge in [-0.05, 0) is 36.0 Å². The summed E-state index contributed by atoms with van der Waals surface area (Å²) < 4.78 is 32.3. The van der Waals surface area contributed by atoms with Crippen LogP contribution in [0.1, 0.15) is 56.9 Å². The molecule has 32 heavy (non-hydrogen) atoms. The molecule has 0 bridgehead atoms. The Bertz CT molecular complexity index is 908. The highest BCUT2D eigenvalue weighted by atomic mass is 19.2. The van der Waals surface area contributed by atoms with Crippen molar-refractivity contribution in [2.45, 2.75) is 63.5 Å². The van der Waals surface area contributed by atoms with Gasteiger partial charge >= 0.3 is 12.1 Å². The molecule has 0 aromatic heterocycles. The van der Waals surface area contributed by atoms with E-state index in [9.17, 15) is 28.3 Å². The Hall–Kier alpha value is -2.71. The molecule has 1 aromatic rings. The van der Waals surface area contributed by atoms with Crippen molar-refractivity contribution in [2.24, 2.45) is 5.41 Å². The fourth-order valence-corrected chi connectivity index (χ4v) is 5.39. The standard InChI is InChI=1S/C23H28F2N2O5/c24-17-4-3-16(11-18(17)25)14-27-15-23(32-21(27)31)7-9-26(10-8-23)19(28)12-22(13-20(29)30)5-1-2-6-22/h3-4,11H,1-2,5-10,12-15H2,(H,29,30). The largest absolute Gasteiger partial charge is 0.481 e. The molecule has 1 N–H and O–H groups in total. The summed E-state index contributed by atoms with van der Waals surface area (Å²) in [5.41, 5.74) is -0.664. The lowest BCUT2D eigenvalue weighted by Gasteiger charge is -2.39. The predicted molar refractivity (Wildman–Crippen MR) is 110 cm³/mol. The van der Waals surface area contributed by atoms with Gasteiger partial charge in [-0.1, -0.05) is 18.9 Å². The van der Waals surface area contributed by atoms with Gasteiger partial charge in [-0.25, -0.2) is 13.6 Å². The van der Waals surface area contributed by atoms with Crippen LogP contribution in [0, 0.1) is 17.0 Å². The normalized spacial score (nSPS) is 21.8. The highest BCUT2D eigenvalue weighted by molar-refractivity contribution is 5.78. The quantitative estimate of drug-likeness (QED) is 0.714. The smallest absolute Gasteiger partial charge is 0.410 e. The lowest BCUT2D eigenvalue weighted by atomic mass is 9.78. The van der Waals surface area contributed by atoms with E-state index in [0.29, 0.717) is 38.0 Å². The first kappa shape index (κ1) is 22.5. The van der Waals surface area contributed by atoms with E-state index in [-0.39, 0.29) is 25.3 Å². The summed E-state index contributed by atoms with van der Waals surface area (Å²) in [7, 11) is 0. The summed E-state index contributed by atoms with van der Waals surface area (Å²) in [5, 5.41) is 9.27. The number of amides is 2. The number of nitrogens with zero attached hydrogens (tertiary/aromatic N) is 2. The fraction of sp³-hybridized carbons (Fsp3) is 0.609. The summed E-state index contributed by atoms with van der Waals surface area (Å²) >= 11 is 0. The number of aliphatic carboxylic acids is 1. The Morgan fingerprint density at radius 2 is 1.72 bits per heavy atom. The first-order valence-electron chi connectivity index (χ1n) is 11.1. The zero-order valence-corrected chi connectivity index (χ0v) is 17.9. The van der Waals surface area contributed by atoms with E-state index < -0.39 is 34.7 Å². The van der Waals surface area contributed by atoms with Gasteiger partial charge in [0.05, 0.1) is 13.0 Å². The van der Waals surface area contributed by atoms with Crippen LogP contribution in [0.2, 0.25) is 0 Å². The van der Waals surface area contributed by atoms with Gasteiger partial charge in [-0.15, -0.1) is 0 Å². The minimum absolute atomic E-state index is 0.0209. The zero-order valence-electron chi connectivity index (χ0n) is 17.9. The van der Waals surface area contributed by atoms with Gasteiger partial charge in [0.15, 0.2) is 11.6 Å². The Balaban J connectivity index is 1.33. The molecule has 2 amide bonds. The molecule has 9 heteroatoms. The van der Waals surface area contributed by atoms with Crippen molar-refractivity contribution in [1.82, 2.24) is 9.80 Å². The van der Waals surface area contributed by atoms with Crippen molar-refractivity contribution in [1.29, 1.82) is 0 Å². The molecule has 1 aromatic carbocycles. The maximum atomic E-state index is 13.5. The zero-order chi connectivity index (χ0) is 22.9. The Morgan fingerprint density at radius 1 is 1.03 bits per heavy atom. The second kappa shape index (κ2) is 8.67. The number of carbonyl (C=O) groups is 3. The fourth-order valence-electron chi connectivity index (χ4n) is 5.39. The molecular formula is C23H28F2N2O5. The van der Waals surface area contributed by atoms with Crippen molar-refractivity contribution in [3.8, 4) is 0 Å². The molecule has 174 valence electrons. The van der Waals surface area contributed by atoms with Gasteiger partial charge in [0.2, 0.25) is 5.91 Å². The monoisotopic (exact) mass is 450 g/mol. The number of rotatable bonds is 6. The number of carboxylic acid groups (broad SMARTS) is 1. The van der Waals surface area contributed by atoms with Crippen LogP contribution in [0.3, 0.4) is 0 Å². The molecule has 7 nitrogen and oxygen atoms in total. The van der Waals surface area contributed by atoms with Crippen molar-refractivity contribution < 1.29 is 33.0 Å². The van der Waals surface area contributed by atoms with Crippen LogP contribution in [0.5, 0.6) is 0 Å². The number of hydrogen-bond acceptors (Lipinski definition) is 4. The van der Waals surface area contributed by atoms with E-state index in [1.165, 1.54) is 11.0 Å². The molecule has 3 aliphatic rings. The SMILES string of the molecule is O=C(O)CC1(CC(=O)N2CCC3(CC2)CN(Cc2ccc(F)c(F)c2)C(=O)O3)CCCC1. The average molecular weight is 450 g/mol. The molecule has 2 aliphatic heterocycles. The summed E-state index contributed by atoms with van der Waals surface area (Å²) in [4.78, 5) is 39.8. The molecule has 4 rings (SSSR count). The molecular weight excluding hydrogens is 422 g/mol. The third kappa shape index (κ3) is 4.71. The molecule has 0 atom stereocenters. The van der Waals surface area contributed by atoms with Gasteiger partial charge in [0, 0.05) is 38.9 Å². The maximum Gasteiger partial charge on any atom is 0.410 e. The highest BCUT2D eigenvalue weighted by Crippen LogP contribution is 2.45. The summed E-state index contributed by atoms with van der Waals surface area (Å²) in [6.45, 7) is 1.33. The molecule has 1 spiro atoms. The Morgan fingerprint density at radius 3 is 2.34 bits per heavy atom. The number of carbonyl (C=O) groups excluding carboxylic acids is 2. The van der Waals surface area contributed by atoms with Crippen LogP contribution in [-0.2, 0) is 20.9 Å². The molecule has 1 aliphatic carbocycles. The van der Waals surface area contributed by atoms with Gasteiger partial charge in [-0.2, -0.15) is 0 Å². The third-order valence-electron chi connectivity index (χ3n) is 7.14. The van der Waals surface area contributed by atoms with E-state index in [0.717, 1.165) is 37.8 Å². The molecule has 3 fully saturated rings. The van der Waals surface area contributed by atoms with Crippen LogP contribution in [-0.4, -0.2) is 58.1 Å². The number of ether oxygens (including phenoxy) is 1. The molecule has 1 saturated carbocycles.